The first-order valence-electron chi connectivity index (χ1n) is 8.17. The van der Waals surface area contributed by atoms with E-state index in [1.165, 1.54) is 12.1 Å². The molecule has 0 amide bonds. The Hall–Kier alpha value is -3.92. The highest BCUT2D eigenvalue weighted by Crippen LogP contribution is 2.35. The molecule has 0 saturated heterocycles. The van der Waals surface area contributed by atoms with E-state index < -0.39 is 10.9 Å². The van der Waals surface area contributed by atoms with Crippen molar-refractivity contribution in [3.05, 3.63) is 86.9 Å². The Morgan fingerprint density at radius 3 is 2.74 bits per heavy atom. The maximum absolute atomic E-state index is 12.6. The fraction of sp³-hybridized carbons (Fsp3) is 0.100. The van der Waals surface area contributed by atoms with Gasteiger partial charge in [-0.15, -0.1) is 0 Å². The second-order valence-electron chi connectivity index (χ2n) is 5.63. The van der Waals surface area contributed by atoms with Gasteiger partial charge in [-0.05, 0) is 24.6 Å². The summed E-state index contributed by atoms with van der Waals surface area (Å²) in [7, 11) is 0. The van der Waals surface area contributed by atoms with Gasteiger partial charge in [0.15, 0.2) is 5.69 Å². The molecular weight excluding hydrogens is 346 g/mol. The number of ether oxygens (including phenoxy) is 1. The first-order valence-corrected chi connectivity index (χ1v) is 8.17. The number of benzene rings is 2. The Balaban J connectivity index is 2.22. The maximum Gasteiger partial charge on any atom is 0.341 e. The molecule has 7 nitrogen and oxygen atoms in total. The molecule has 1 heterocycles. The van der Waals surface area contributed by atoms with Crippen molar-refractivity contribution in [3.63, 3.8) is 0 Å². The van der Waals surface area contributed by atoms with Gasteiger partial charge in [0.25, 0.3) is 5.69 Å². The van der Waals surface area contributed by atoms with E-state index in [9.17, 15) is 14.9 Å². The molecule has 0 atom stereocenters. The molecule has 0 radical (unpaired) electrons. The van der Waals surface area contributed by atoms with Gasteiger partial charge in [0.2, 0.25) is 0 Å². The van der Waals surface area contributed by atoms with Gasteiger partial charge < -0.3 is 10.1 Å². The smallest absolute Gasteiger partial charge is 0.341 e. The lowest BCUT2D eigenvalue weighted by Gasteiger charge is -2.19. The number of nitrogens with one attached hydrogen (secondary N) is 1. The second-order valence-corrected chi connectivity index (χ2v) is 5.63. The van der Waals surface area contributed by atoms with Crippen molar-refractivity contribution in [2.75, 3.05) is 11.9 Å². The van der Waals surface area contributed by atoms with Gasteiger partial charge in [-0.1, -0.05) is 36.4 Å². The molecule has 2 aromatic carbocycles. The fourth-order valence-corrected chi connectivity index (χ4v) is 2.78. The SMILES string of the molecule is [C-]#[N+]c1ccc(/C(C(=O)OCC)=C2\C=Cc3ccccc3N2)c([N+](=O)[O-])c1. The first-order chi connectivity index (χ1) is 13.0. The third-order valence-corrected chi connectivity index (χ3v) is 3.99. The van der Waals surface area contributed by atoms with Gasteiger partial charge in [0, 0.05) is 11.8 Å². The van der Waals surface area contributed by atoms with Crippen molar-refractivity contribution in [2.24, 2.45) is 0 Å². The lowest BCUT2D eigenvalue weighted by molar-refractivity contribution is -0.385. The minimum Gasteiger partial charge on any atom is -0.462 e. The standard InChI is InChI=1S/C20H15N3O4/c1-3-27-20(24)19(15-10-9-14(21-2)12-18(15)23(25)26)17-11-8-13-6-4-5-7-16(13)22-17/h4-12,22H,3H2,1H3/b19-17-. The molecule has 27 heavy (non-hydrogen) atoms. The Labute approximate surface area is 155 Å². The number of nitro benzene ring substituents is 1. The molecule has 134 valence electrons. The summed E-state index contributed by atoms with van der Waals surface area (Å²) in [6.45, 7) is 8.85. The summed E-state index contributed by atoms with van der Waals surface area (Å²) in [5.41, 5.74) is 2.04. The van der Waals surface area contributed by atoms with Crippen LogP contribution in [0, 0.1) is 16.7 Å². The summed E-state index contributed by atoms with van der Waals surface area (Å²) in [6, 6.07) is 11.5. The van der Waals surface area contributed by atoms with Gasteiger partial charge >= 0.3 is 5.97 Å². The highest BCUT2D eigenvalue weighted by atomic mass is 16.6. The van der Waals surface area contributed by atoms with E-state index in [-0.39, 0.29) is 29.1 Å². The van der Waals surface area contributed by atoms with Gasteiger partial charge in [0.05, 0.1) is 34.9 Å². The molecule has 0 spiro atoms. The quantitative estimate of drug-likeness (QED) is 0.284. The number of anilines is 1. The van der Waals surface area contributed by atoms with Crippen molar-refractivity contribution < 1.29 is 14.5 Å². The number of allylic oxidation sites excluding steroid dienone is 1. The van der Waals surface area contributed by atoms with Crippen molar-refractivity contribution in [1.82, 2.24) is 0 Å². The Morgan fingerprint density at radius 2 is 2.04 bits per heavy atom. The molecule has 0 bridgehead atoms. The molecule has 2 aromatic rings. The predicted octanol–water partition coefficient (Wildman–Crippen LogP) is 4.56. The van der Waals surface area contributed by atoms with Crippen molar-refractivity contribution in [1.29, 1.82) is 0 Å². The van der Waals surface area contributed by atoms with E-state index in [4.69, 9.17) is 11.3 Å². The number of nitro groups is 1. The van der Waals surface area contributed by atoms with Gasteiger partial charge in [-0.25, -0.2) is 9.64 Å². The Bertz CT molecular complexity index is 1030. The van der Waals surface area contributed by atoms with Gasteiger partial charge in [-0.3, -0.25) is 10.1 Å². The lowest BCUT2D eigenvalue weighted by Crippen LogP contribution is -2.15. The van der Waals surface area contributed by atoms with Crippen LogP contribution >= 0.6 is 0 Å². The number of hydrogen-bond acceptors (Lipinski definition) is 5. The van der Waals surface area contributed by atoms with Crippen LogP contribution in [-0.4, -0.2) is 17.5 Å². The average molecular weight is 361 g/mol. The van der Waals surface area contributed by atoms with E-state index in [0.717, 1.165) is 17.3 Å². The molecule has 7 heteroatoms. The third-order valence-electron chi connectivity index (χ3n) is 3.99. The maximum atomic E-state index is 12.6. The van der Waals surface area contributed by atoms with E-state index in [2.05, 4.69) is 10.2 Å². The highest BCUT2D eigenvalue weighted by Gasteiger charge is 2.27. The molecular formula is C20H15N3O4. The van der Waals surface area contributed by atoms with Crippen molar-refractivity contribution in [3.8, 4) is 0 Å². The summed E-state index contributed by atoms with van der Waals surface area (Å²) in [4.78, 5) is 26.8. The summed E-state index contributed by atoms with van der Waals surface area (Å²) in [6.07, 6.45) is 3.50. The van der Waals surface area contributed by atoms with E-state index in [1.54, 1.807) is 13.0 Å². The Morgan fingerprint density at radius 1 is 1.26 bits per heavy atom. The summed E-state index contributed by atoms with van der Waals surface area (Å²) < 4.78 is 5.14. The molecule has 1 N–H and O–H groups in total. The predicted molar refractivity (Wildman–Crippen MR) is 102 cm³/mol. The number of hydrogen-bond donors (Lipinski definition) is 1. The zero-order valence-corrected chi connectivity index (χ0v) is 14.4. The van der Waals surface area contributed by atoms with Crippen LogP contribution in [0.1, 0.15) is 18.1 Å². The number of para-hydroxylation sites is 1. The van der Waals surface area contributed by atoms with Crippen LogP contribution in [0.5, 0.6) is 0 Å². The number of fused-ring (bicyclic) bond motifs is 1. The molecule has 0 unspecified atom stereocenters. The van der Waals surface area contributed by atoms with Crippen LogP contribution in [0.4, 0.5) is 17.1 Å². The van der Waals surface area contributed by atoms with Crippen LogP contribution < -0.4 is 5.32 Å². The zero-order valence-electron chi connectivity index (χ0n) is 14.4. The van der Waals surface area contributed by atoms with E-state index in [1.807, 2.05) is 30.3 Å². The molecule has 3 rings (SSSR count). The summed E-state index contributed by atoms with van der Waals surface area (Å²) >= 11 is 0. The van der Waals surface area contributed by atoms with E-state index >= 15 is 0 Å². The normalized spacial score (nSPS) is 13.8. The third kappa shape index (κ3) is 3.55. The fourth-order valence-electron chi connectivity index (χ4n) is 2.78. The molecule has 1 aliphatic rings. The highest BCUT2D eigenvalue weighted by molar-refractivity contribution is 6.20. The average Bonchev–Trinajstić information content (AvgIpc) is 2.68. The minimum atomic E-state index is -0.678. The van der Waals surface area contributed by atoms with Crippen molar-refractivity contribution >= 4 is 34.7 Å². The van der Waals surface area contributed by atoms with Crippen molar-refractivity contribution in [2.45, 2.75) is 6.92 Å². The zero-order chi connectivity index (χ0) is 19.4. The minimum absolute atomic E-state index is 0.0471. The Kier molecular flexibility index (Phi) is 4.99. The van der Waals surface area contributed by atoms with Gasteiger partial charge in [0.1, 0.15) is 0 Å². The molecule has 0 aromatic heterocycles. The topological polar surface area (TPSA) is 85.8 Å². The number of rotatable bonds is 4. The number of esters is 1. The van der Waals surface area contributed by atoms with Crippen LogP contribution in [-0.2, 0) is 9.53 Å². The number of carbonyl (C=O) groups is 1. The molecule has 1 aliphatic heterocycles. The monoisotopic (exact) mass is 361 g/mol. The van der Waals surface area contributed by atoms with E-state index in [0.29, 0.717) is 5.70 Å². The summed E-state index contributed by atoms with van der Waals surface area (Å²) in [5.74, 6) is -0.678. The van der Waals surface area contributed by atoms with Gasteiger partial charge in [-0.2, -0.15) is 0 Å². The summed E-state index contributed by atoms with van der Waals surface area (Å²) in [5, 5.41) is 14.7. The largest absolute Gasteiger partial charge is 0.462 e. The van der Waals surface area contributed by atoms with Crippen LogP contribution in [0.2, 0.25) is 0 Å². The molecule has 0 saturated carbocycles. The number of nitrogens with zero attached hydrogens (tertiary/aromatic N) is 2. The molecule has 0 fully saturated rings. The van der Waals surface area contributed by atoms with Crippen LogP contribution in [0.3, 0.4) is 0 Å². The number of carbonyl (C=O) groups excluding carboxylic acids is 1. The molecule has 0 aliphatic carbocycles. The van der Waals surface area contributed by atoms with Crippen LogP contribution in [0.15, 0.2) is 54.2 Å². The first kappa shape index (κ1) is 17.9. The lowest BCUT2D eigenvalue weighted by atomic mass is 9.98. The second kappa shape index (κ2) is 7.54. The van der Waals surface area contributed by atoms with Crippen LogP contribution in [0.25, 0.3) is 16.5 Å².